The third kappa shape index (κ3) is 4.47. The van der Waals surface area contributed by atoms with Crippen molar-refractivity contribution in [1.29, 1.82) is 0 Å². The zero-order valence-corrected chi connectivity index (χ0v) is 20.9. The van der Waals surface area contributed by atoms with Crippen LogP contribution in [0.4, 0.5) is 4.39 Å². The molecule has 4 heterocycles. The summed E-state index contributed by atoms with van der Waals surface area (Å²) >= 11 is 0. The zero-order valence-electron chi connectivity index (χ0n) is 19.3. The Labute approximate surface area is 209 Å². The molecule has 1 saturated heterocycles. The fourth-order valence-corrected chi connectivity index (χ4v) is 4.92. The highest BCUT2D eigenvalue weighted by Gasteiger charge is 2.47. The minimum atomic E-state index is -1.08. The number of hydrogen-bond acceptors (Lipinski definition) is 6. The van der Waals surface area contributed by atoms with E-state index in [9.17, 15) is 5.11 Å². The van der Waals surface area contributed by atoms with Crippen molar-refractivity contribution in [2.24, 2.45) is 0 Å². The molecule has 0 unspecified atom stereocenters. The highest BCUT2D eigenvalue weighted by Crippen LogP contribution is 2.40. The molecule has 0 radical (unpaired) electrons. The molecule has 1 fully saturated rings. The van der Waals surface area contributed by atoms with Crippen LogP contribution in [0.3, 0.4) is 0 Å². The number of phenols is 1. The van der Waals surface area contributed by atoms with Crippen molar-refractivity contribution in [2.75, 3.05) is 0 Å². The quantitative estimate of drug-likeness (QED) is 0.418. The second-order valence-electron chi connectivity index (χ2n) is 9.68. The van der Waals surface area contributed by atoms with Gasteiger partial charge in [0.25, 0.3) is 0 Å². The van der Waals surface area contributed by atoms with E-state index in [2.05, 4.69) is 39.7 Å². The van der Waals surface area contributed by atoms with Crippen LogP contribution in [0.1, 0.15) is 40.2 Å². The smallest absolute Gasteiger partial charge is 0.162 e. The number of fused-ring (bicyclic) bond motifs is 1. The monoisotopic (exact) mass is 507 g/mol. The second-order valence-corrected chi connectivity index (χ2v) is 9.68. The molecule has 1 aromatic carbocycles. The molecule has 1 aliphatic heterocycles. The molecular formula is C23H28Cl2FN7O. The molecule has 1 aliphatic rings. The number of benzene rings is 1. The predicted molar refractivity (Wildman–Crippen MR) is 134 cm³/mol. The summed E-state index contributed by atoms with van der Waals surface area (Å²) in [4.78, 5) is 0. The van der Waals surface area contributed by atoms with Crippen molar-refractivity contribution in [3.8, 4) is 22.7 Å². The lowest BCUT2D eigenvalue weighted by Crippen LogP contribution is -2.64. The molecule has 5 rings (SSSR count). The van der Waals surface area contributed by atoms with E-state index in [1.165, 1.54) is 0 Å². The van der Waals surface area contributed by atoms with E-state index in [4.69, 9.17) is 0 Å². The molecule has 182 valence electrons. The maximum Gasteiger partial charge on any atom is 0.162 e. The second kappa shape index (κ2) is 9.13. The lowest BCUT2D eigenvalue weighted by Gasteiger charge is -2.49. The van der Waals surface area contributed by atoms with Crippen molar-refractivity contribution in [1.82, 2.24) is 35.1 Å². The maximum atomic E-state index is 15.4. The summed E-state index contributed by atoms with van der Waals surface area (Å²) in [6.07, 6.45) is 4.70. The van der Waals surface area contributed by atoms with E-state index < -0.39 is 11.7 Å². The van der Waals surface area contributed by atoms with Crippen LogP contribution in [0, 0.1) is 0 Å². The summed E-state index contributed by atoms with van der Waals surface area (Å²) in [6, 6.07) is 8.64. The average Bonchev–Trinajstić information content (AvgIpc) is 3.39. The standard InChI is InChI=1S/C23H26FN7O.2ClH/c1-22(2)13-18(20(24)23(3,4)28-22)30-9-7-14-11-17(26-27-21(14)30)16-6-5-15(12-19(16)32)31-10-8-25-29-31;;/h5-12,18,20,28,32H,13H2,1-4H3;2*1H/t18-,20+;;/m0../s1. The molecule has 34 heavy (non-hydrogen) atoms. The highest BCUT2D eigenvalue weighted by molar-refractivity contribution is 5.85. The lowest BCUT2D eigenvalue weighted by molar-refractivity contribution is 0.0313. The third-order valence-electron chi connectivity index (χ3n) is 6.17. The number of aromatic nitrogens is 6. The first-order chi connectivity index (χ1) is 15.1. The Balaban J connectivity index is 0.00000162. The van der Waals surface area contributed by atoms with Crippen molar-refractivity contribution in [2.45, 2.75) is 57.4 Å². The number of phenolic OH excluding ortho intramolecular Hbond substituents is 1. The van der Waals surface area contributed by atoms with Crippen LogP contribution < -0.4 is 5.32 Å². The van der Waals surface area contributed by atoms with Crippen LogP contribution in [-0.2, 0) is 0 Å². The van der Waals surface area contributed by atoms with E-state index in [0.717, 1.165) is 5.39 Å². The van der Waals surface area contributed by atoms with E-state index in [-0.39, 0.29) is 42.1 Å². The Morgan fingerprint density at radius 3 is 2.50 bits per heavy atom. The van der Waals surface area contributed by atoms with Crippen molar-refractivity contribution in [3.05, 3.63) is 48.9 Å². The lowest BCUT2D eigenvalue weighted by atomic mass is 9.78. The number of aromatic hydroxyl groups is 1. The fourth-order valence-electron chi connectivity index (χ4n) is 4.92. The van der Waals surface area contributed by atoms with E-state index in [0.29, 0.717) is 29.0 Å². The number of alkyl halides is 1. The Morgan fingerprint density at radius 2 is 1.82 bits per heavy atom. The van der Waals surface area contributed by atoms with Gasteiger partial charge in [0.05, 0.1) is 29.8 Å². The van der Waals surface area contributed by atoms with Gasteiger partial charge in [-0.15, -0.1) is 40.1 Å². The summed E-state index contributed by atoms with van der Waals surface area (Å²) in [5, 5.41) is 31.3. The van der Waals surface area contributed by atoms with E-state index in [1.54, 1.807) is 29.2 Å². The van der Waals surface area contributed by atoms with Gasteiger partial charge < -0.3 is 15.0 Å². The van der Waals surface area contributed by atoms with Gasteiger partial charge in [-0.3, -0.25) is 0 Å². The Bertz CT molecular complexity index is 1290. The van der Waals surface area contributed by atoms with Crippen LogP contribution in [0.25, 0.3) is 28.0 Å². The number of halogens is 3. The van der Waals surface area contributed by atoms with Crippen LogP contribution in [-0.4, -0.2) is 52.1 Å². The fraction of sp³-hybridized carbons (Fsp3) is 0.391. The zero-order chi connectivity index (χ0) is 22.7. The van der Waals surface area contributed by atoms with Crippen LogP contribution in [0.15, 0.2) is 48.9 Å². The van der Waals surface area contributed by atoms with Crippen molar-refractivity contribution >= 4 is 35.8 Å². The summed E-state index contributed by atoms with van der Waals surface area (Å²) in [7, 11) is 0. The molecule has 0 bridgehead atoms. The normalized spacial score (nSPS) is 21.0. The number of rotatable bonds is 3. The molecule has 4 aromatic rings. The van der Waals surface area contributed by atoms with Gasteiger partial charge in [-0.2, -0.15) is 0 Å². The van der Waals surface area contributed by atoms with Crippen LogP contribution in [0.2, 0.25) is 0 Å². The average molecular weight is 508 g/mol. The largest absolute Gasteiger partial charge is 0.507 e. The minimum Gasteiger partial charge on any atom is -0.507 e. The molecule has 0 spiro atoms. The Kier molecular flexibility index (Phi) is 6.94. The van der Waals surface area contributed by atoms with Crippen LogP contribution in [0.5, 0.6) is 5.75 Å². The Morgan fingerprint density at radius 1 is 1.06 bits per heavy atom. The van der Waals surface area contributed by atoms with E-state index >= 15 is 4.39 Å². The molecule has 0 aliphatic carbocycles. The Hall–Kier alpha value is -2.75. The van der Waals surface area contributed by atoms with Gasteiger partial charge in [0, 0.05) is 34.3 Å². The number of piperidine rings is 1. The number of nitrogens with zero attached hydrogens (tertiary/aromatic N) is 6. The topological polar surface area (TPSA) is 93.7 Å². The summed E-state index contributed by atoms with van der Waals surface area (Å²) in [5.41, 5.74) is 1.55. The molecule has 0 saturated carbocycles. The van der Waals surface area contributed by atoms with Gasteiger partial charge in [-0.05, 0) is 58.4 Å². The van der Waals surface area contributed by atoms with Crippen molar-refractivity contribution < 1.29 is 9.50 Å². The van der Waals surface area contributed by atoms with Crippen LogP contribution >= 0.6 is 24.8 Å². The first-order valence-corrected chi connectivity index (χ1v) is 10.6. The van der Waals surface area contributed by atoms with E-state index in [1.807, 2.05) is 42.8 Å². The van der Waals surface area contributed by atoms with Crippen molar-refractivity contribution in [3.63, 3.8) is 0 Å². The molecule has 8 nitrogen and oxygen atoms in total. The van der Waals surface area contributed by atoms with Gasteiger partial charge in [0.15, 0.2) is 5.65 Å². The van der Waals surface area contributed by atoms with Gasteiger partial charge in [0.1, 0.15) is 11.9 Å². The molecule has 11 heteroatoms. The SMILES string of the molecule is CC1(C)C[C@H](n2ccc3cc(-c4ccc(-n5ccnn5)cc4O)nnc32)[C@@H](F)C(C)(C)N1.Cl.Cl. The van der Waals surface area contributed by atoms with Gasteiger partial charge >= 0.3 is 0 Å². The predicted octanol–water partition coefficient (Wildman–Crippen LogP) is 4.66. The first-order valence-electron chi connectivity index (χ1n) is 10.6. The minimum absolute atomic E-state index is 0. The highest BCUT2D eigenvalue weighted by atomic mass is 35.5. The van der Waals surface area contributed by atoms with Gasteiger partial charge in [-0.1, -0.05) is 5.21 Å². The molecule has 2 atom stereocenters. The molecular weight excluding hydrogens is 480 g/mol. The summed E-state index contributed by atoms with van der Waals surface area (Å²) in [6.45, 7) is 7.98. The summed E-state index contributed by atoms with van der Waals surface area (Å²) in [5.74, 6) is 0.0664. The molecule has 0 amide bonds. The molecule has 2 N–H and O–H groups in total. The van der Waals surface area contributed by atoms with Gasteiger partial charge in [-0.25, -0.2) is 9.07 Å². The first kappa shape index (κ1) is 25.9. The molecule has 3 aromatic heterocycles. The summed E-state index contributed by atoms with van der Waals surface area (Å²) < 4.78 is 18.9. The number of nitrogens with one attached hydrogen (secondary N) is 1. The third-order valence-corrected chi connectivity index (χ3v) is 6.17. The maximum absolute atomic E-state index is 15.4. The van der Waals surface area contributed by atoms with Gasteiger partial charge in [0.2, 0.25) is 0 Å². The number of hydrogen-bond donors (Lipinski definition) is 2.